The number of halogens is 1. The van der Waals surface area contributed by atoms with Gasteiger partial charge in [0, 0.05) is 15.7 Å². The van der Waals surface area contributed by atoms with Crippen molar-refractivity contribution < 1.29 is 9.59 Å². The summed E-state index contributed by atoms with van der Waals surface area (Å²) in [6, 6.07) is 15.1. The van der Waals surface area contributed by atoms with E-state index in [9.17, 15) is 9.59 Å². The van der Waals surface area contributed by atoms with Gasteiger partial charge in [-0.25, -0.2) is 0 Å². The van der Waals surface area contributed by atoms with Gasteiger partial charge in [0.05, 0.1) is 11.5 Å². The first-order chi connectivity index (χ1) is 11.8. The minimum atomic E-state index is -0.108. The Labute approximate surface area is 161 Å². The van der Waals surface area contributed by atoms with E-state index in [1.54, 1.807) is 0 Å². The van der Waals surface area contributed by atoms with Crippen molar-refractivity contribution in [3.05, 3.63) is 64.1 Å². The molecule has 0 aromatic heterocycles. The Balaban J connectivity index is 1.79. The highest BCUT2D eigenvalue weighted by molar-refractivity contribution is 9.10. The molecule has 0 saturated carbocycles. The molecule has 0 atom stereocenters. The fourth-order valence-corrected chi connectivity index (χ4v) is 3.18. The zero-order valence-corrected chi connectivity index (χ0v) is 17.0. The smallest absolute Gasteiger partial charge is 0.234 e. The highest BCUT2D eigenvalue weighted by Gasteiger charge is 2.14. The Hall–Kier alpha value is -1.59. The highest BCUT2D eigenvalue weighted by Crippen LogP contribution is 2.22. The third-order valence-corrected chi connectivity index (χ3v) is 5.13. The van der Waals surface area contributed by atoms with E-state index in [1.807, 2.05) is 48.5 Å². The van der Waals surface area contributed by atoms with Gasteiger partial charge in [-0.1, -0.05) is 61.0 Å². The van der Waals surface area contributed by atoms with Crippen LogP contribution in [0.15, 0.2) is 53.0 Å². The Morgan fingerprint density at radius 2 is 1.56 bits per heavy atom. The third kappa shape index (κ3) is 6.33. The van der Waals surface area contributed by atoms with Crippen LogP contribution in [0.1, 0.15) is 36.7 Å². The average molecular weight is 420 g/mol. The molecular formula is C20H22BrNO2S. The summed E-state index contributed by atoms with van der Waals surface area (Å²) in [5.41, 5.74) is 2.71. The van der Waals surface area contributed by atoms with E-state index < -0.39 is 0 Å². The zero-order valence-electron chi connectivity index (χ0n) is 14.6. The van der Waals surface area contributed by atoms with Gasteiger partial charge in [-0.05, 0) is 35.2 Å². The largest absolute Gasteiger partial charge is 0.325 e. The summed E-state index contributed by atoms with van der Waals surface area (Å²) in [4.78, 5) is 24.1. The van der Waals surface area contributed by atoms with Gasteiger partial charge < -0.3 is 5.32 Å². The lowest BCUT2D eigenvalue weighted by molar-refractivity contribution is -0.113. The third-order valence-electron chi connectivity index (χ3n) is 3.67. The molecule has 0 bridgehead atoms. The van der Waals surface area contributed by atoms with Gasteiger partial charge in [0.15, 0.2) is 5.78 Å². The first-order valence-electron chi connectivity index (χ1n) is 8.02. The fourth-order valence-electron chi connectivity index (χ4n) is 2.21. The average Bonchev–Trinajstić information content (AvgIpc) is 2.56. The fraction of sp³-hybridized carbons (Fsp3) is 0.300. The monoisotopic (exact) mass is 419 g/mol. The molecule has 0 spiro atoms. The lowest BCUT2D eigenvalue weighted by atomic mass is 9.86. The first kappa shape index (κ1) is 19.7. The van der Waals surface area contributed by atoms with E-state index in [2.05, 4.69) is 42.0 Å². The van der Waals surface area contributed by atoms with Gasteiger partial charge >= 0.3 is 0 Å². The minimum absolute atomic E-state index is 0.0434. The molecule has 25 heavy (non-hydrogen) atoms. The van der Waals surface area contributed by atoms with Crippen LogP contribution >= 0.6 is 27.7 Å². The molecule has 0 saturated heterocycles. The summed E-state index contributed by atoms with van der Waals surface area (Å²) in [5, 5.41) is 2.81. The second-order valence-electron chi connectivity index (χ2n) is 6.80. The highest BCUT2D eigenvalue weighted by atomic mass is 79.9. The van der Waals surface area contributed by atoms with Gasteiger partial charge in [-0.2, -0.15) is 0 Å². The Morgan fingerprint density at radius 1 is 0.960 bits per heavy atom. The normalized spacial score (nSPS) is 11.2. The topological polar surface area (TPSA) is 46.2 Å². The Bertz CT molecular complexity index is 734. The van der Waals surface area contributed by atoms with E-state index in [-0.39, 0.29) is 22.9 Å². The maximum atomic E-state index is 12.2. The number of anilines is 1. The number of nitrogens with one attached hydrogen (secondary N) is 1. The first-order valence-corrected chi connectivity index (χ1v) is 9.97. The van der Waals surface area contributed by atoms with Crippen LogP contribution in [0.3, 0.4) is 0 Å². The lowest BCUT2D eigenvalue weighted by Crippen LogP contribution is -2.15. The van der Waals surface area contributed by atoms with Crippen molar-refractivity contribution in [2.24, 2.45) is 0 Å². The molecule has 0 fully saturated rings. The number of hydrogen-bond donors (Lipinski definition) is 1. The van der Waals surface area contributed by atoms with Crippen molar-refractivity contribution in [1.29, 1.82) is 0 Å². The summed E-state index contributed by atoms with van der Waals surface area (Å²) >= 11 is 4.68. The molecule has 0 heterocycles. The number of benzene rings is 2. The maximum absolute atomic E-state index is 12.2. The predicted molar refractivity (Wildman–Crippen MR) is 110 cm³/mol. The number of carbonyl (C=O) groups is 2. The summed E-state index contributed by atoms with van der Waals surface area (Å²) in [6.07, 6.45) is 0. The number of rotatable bonds is 6. The van der Waals surface area contributed by atoms with Gasteiger partial charge in [0.25, 0.3) is 0 Å². The van der Waals surface area contributed by atoms with Crippen LogP contribution < -0.4 is 5.32 Å². The van der Waals surface area contributed by atoms with E-state index in [0.29, 0.717) is 11.3 Å². The number of ketones is 1. The van der Waals surface area contributed by atoms with Crippen molar-refractivity contribution in [2.75, 3.05) is 16.8 Å². The molecule has 3 nitrogen and oxygen atoms in total. The van der Waals surface area contributed by atoms with Gasteiger partial charge in [-0.15, -0.1) is 11.8 Å². The van der Waals surface area contributed by atoms with Gasteiger partial charge in [-0.3, -0.25) is 9.59 Å². The molecule has 0 aliphatic carbocycles. The summed E-state index contributed by atoms with van der Waals surface area (Å²) in [5.74, 6) is 0.481. The molecule has 2 aromatic rings. The number of Topliss-reactive ketones (excluding diaryl/α,β-unsaturated/α-hetero) is 1. The minimum Gasteiger partial charge on any atom is -0.325 e. The lowest BCUT2D eigenvalue weighted by Gasteiger charge is -2.18. The van der Waals surface area contributed by atoms with Gasteiger partial charge in [0.1, 0.15) is 0 Å². The van der Waals surface area contributed by atoms with E-state index in [0.717, 1.165) is 10.2 Å². The second-order valence-corrected chi connectivity index (χ2v) is 8.70. The van der Waals surface area contributed by atoms with E-state index >= 15 is 0 Å². The standard InChI is InChI=1S/C20H22BrNO2S/c1-20(2,3)15-6-4-14(5-7-15)18(23)12-25-13-19(24)22-17-10-8-16(21)9-11-17/h4-11H,12-13H2,1-3H3,(H,22,24). The molecule has 2 aromatic carbocycles. The molecule has 0 aliphatic heterocycles. The molecule has 5 heteroatoms. The number of carbonyl (C=O) groups excluding carboxylic acids is 2. The van der Waals surface area contributed by atoms with Crippen molar-refractivity contribution in [3.8, 4) is 0 Å². The maximum Gasteiger partial charge on any atom is 0.234 e. The van der Waals surface area contributed by atoms with Crippen molar-refractivity contribution in [1.82, 2.24) is 0 Å². The quantitative estimate of drug-likeness (QED) is 0.645. The molecule has 132 valence electrons. The van der Waals surface area contributed by atoms with Crippen LogP contribution in [-0.2, 0) is 10.2 Å². The number of hydrogen-bond acceptors (Lipinski definition) is 3. The number of amides is 1. The molecule has 1 N–H and O–H groups in total. The SMILES string of the molecule is CC(C)(C)c1ccc(C(=O)CSCC(=O)Nc2ccc(Br)cc2)cc1. The summed E-state index contributed by atoms with van der Waals surface area (Å²) in [6.45, 7) is 6.43. The molecular weight excluding hydrogens is 398 g/mol. The Morgan fingerprint density at radius 3 is 2.12 bits per heavy atom. The second kappa shape index (κ2) is 8.68. The van der Waals surface area contributed by atoms with Crippen molar-refractivity contribution in [2.45, 2.75) is 26.2 Å². The molecule has 2 rings (SSSR count). The summed E-state index contributed by atoms with van der Waals surface area (Å²) < 4.78 is 0.961. The molecule has 1 amide bonds. The molecule has 0 radical (unpaired) electrons. The Kier molecular flexibility index (Phi) is 6.85. The summed E-state index contributed by atoms with van der Waals surface area (Å²) in [7, 11) is 0. The van der Waals surface area contributed by atoms with Crippen LogP contribution in [0.25, 0.3) is 0 Å². The van der Waals surface area contributed by atoms with Crippen LogP contribution in [0.5, 0.6) is 0 Å². The van der Waals surface area contributed by atoms with Crippen LogP contribution in [0.4, 0.5) is 5.69 Å². The van der Waals surface area contributed by atoms with Crippen molar-refractivity contribution in [3.63, 3.8) is 0 Å². The molecule has 0 aliphatic rings. The van der Waals surface area contributed by atoms with Crippen LogP contribution in [0, 0.1) is 0 Å². The van der Waals surface area contributed by atoms with E-state index in [4.69, 9.17) is 0 Å². The van der Waals surface area contributed by atoms with Gasteiger partial charge in [0.2, 0.25) is 5.91 Å². The zero-order chi connectivity index (χ0) is 18.4. The predicted octanol–water partition coefficient (Wildman–Crippen LogP) is 5.30. The molecule has 0 unspecified atom stereocenters. The number of thioether (sulfide) groups is 1. The van der Waals surface area contributed by atoms with Crippen LogP contribution in [-0.4, -0.2) is 23.2 Å². The van der Waals surface area contributed by atoms with Crippen LogP contribution in [0.2, 0.25) is 0 Å². The van der Waals surface area contributed by atoms with E-state index in [1.165, 1.54) is 17.3 Å². The van der Waals surface area contributed by atoms with Crippen molar-refractivity contribution >= 4 is 45.1 Å².